The molecule has 0 radical (unpaired) electrons. The Bertz CT molecular complexity index is 1280. The minimum Gasteiger partial charge on any atom is -0.394 e. The Kier molecular flexibility index (Phi) is 17.1. The van der Waals surface area contributed by atoms with Crippen LogP contribution in [0.3, 0.4) is 0 Å². The maximum Gasteiger partial charge on any atom is 0.245 e. The van der Waals surface area contributed by atoms with Crippen molar-refractivity contribution in [2.24, 2.45) is 11.7 Å². The fraction of sp³-hybridized carbons (Fsp3) is 0.485. The van der Waals surface area contributed by atoms with Gasteiger partial charge >= 0.3 is 0 Å². The van der Waals surface area contributed by atoms with Gasteiger partial charge in [-0.15, -0.1) is 0 Å². The number of nitrogens with one attached hydrogen (secondary N) is 5. The van der Waals surface area contributed by atoms with Gasteiger partial charge < -0.3 is 47.3 Å². The van der Waals surface area contributed by atoms with E-state index < -0.39 is 73.0 Å². The fourth-order valence-electron chi connectivity index (χ4n) is 4.49. The van der Waals surface area contributed by atoms with E-state index in [2.05, 4.69) is 26.6 Å². The van der Waals surface area contributed by atoms with Gasteiger partial charge in [0.25, 0.3) is 0 Å². The van der Waals surface area contributed by atoms with Crippen LogP contribution in [0.5, 0.6) is 0 Å². The molecule has 9 N–H and O–H groups in total. The van der Waals surface area contributed by atoms with Crippen LogP contribution < -0.4 is 32.3 Å². The Hall–Kier alpha value is -4.37. The second kappa shape index (κ2) is 20.7. The molecule has 0 aliphatic carbocycles. The Morgan fingerprint density at radius 1 is 0.681 bits per heavy atom. The van der Waals surface area contributed by atoms with Crippen LogP contribution in [0, 0.1) is 5.92 Å². The van der Waals surface area contributed by atoms with Crippen molar-refractivity contribution in [3.63, 3.8) is 0 Å². The molecule has 0 saturated heterocycles. The van der Waals surface area contributed by atoms with E-state index in [1.807, 2.05) is 44.2 Å². The molecule has 0 bridgehead atoms. The second-order valence-electron chi connectivity index (χ2n) is 11.6. The first-order chi connectivity index (χ1) is 22.5. The van der Waals surface area contributed by atoms with Crippen LogP contribution in [0.1, 0.15) is 38.3 Å². The largest absolute Gasteiger partial charge is 0.394 e. The molecule has 0 unspecified atom stereocenters. The quantitative estimate of drug-likeness (QED) is 0.0864. The number of carbonyl (C=O) groups is 5. The number of aliphatic hydroxyl groups is 2. The maximum absolute atomic E-state index is 13.4. The summed E-state index contributed by atoms with van der Waals surface area (Å²) in [5.74, 6) is -3.37. The van der Waals surface area contributed by atoms with Crippen LogP contribution in [-0.2, 0) is 41.7 Å². The summed E-state index contributed by atoms with van der Waals surface area (Å²) in [4.78, 5) is 64.4. The van der Waals surface area contributed by atoms with Crippen molar-refractivity contribution in [1.82, 2.24) is 26.6 Å². The average Bonchev–Trinajstić information content (AvgIpc) is 3.06. The van der Waals surface area contributed by atoms with Crippen LogP contribution in [0.15, 0.2) is 60.7 Å². The standard InChI is InChI=1S/C33H48N6O8/c1-21(2)14-26(37-29(42)16-34)32(45)39-28(18-41)33(46)38-27(15-23-10-6-4-7-11-23)31(44)35-22(3)30(43)36-25(17-40)20-47-19-24-12-8-5-9-13-24/h4-13,21-22,25-28,40-41H,14-20,34H2,1-3H3,(H,35,44)(H,36,43)(H,37,42)(H,38,46)(H,39,45)/t22-,25+,26-,27-,28-/m0/s1. The van der Waals surface area contributed by atoms with Crippen molar-refractivity contribution >= 4 is 29.5 Å². The molecular formula is C33H48N6O8. The first-order valence-electron chi connectivity index (χ1n) is 15.6. The monoisotopic (exact) mass is 656 g/mol. The number of aliphatic hydroxyl groups excluding tert-OH is 2. The Balaban J connectivity index is 2.07. The third-order valence-corrected chi connectivity index (χ3v) is 7.02. The zero-order valence-corrected chi connectivity index (χ0v) is 27.1. The topological polar surface area (TPSA) is 221 Å². The minimum atomic E-state index is -1.44. The van der Waals surface area contributed by atoms with E-state index in [0.717, 1.165) is 5.56 Å². The zero-order chi connectivity index (χ0) is 34.8. The fourth-order valence-corrected chi connectivity index (χ4v) is 4.49. The van der Waals surface area contributed by atoms with Crippen molar-refractivity contribution in [3.05, 3.63) is 71.8 Å². The number of rotatable bonds is 20. The molecule has 5 amide bonds. The molecule has 0 aliphatic heterocycles. The molecule has 0 heterocycles. The van der Waals surface area contributed by atoms with Crippen LogP contribution in [0.25, 0.3) is 0 Å². The van der Waals surface area contributed by atoms with Gasteiger partial charge in [0.1, 0.15) is 24.2 Å². The molecule has 2 aromatic carbocycles. The van der Waals surface area contributed by atoms with Gasteiger partial charge in [0.15, 0.2) is 0 Å². The number of benzene rings is 2. The van der Waals surface area contributed by atoms with E-state index in [9.17, 15) is 34.2 Å². The molecule has 14 nitrogen and oxygen atoms in total. The molecule has 2 aromatic rings. The summed E-state index contributed by atoms with van der Waals surface area (Å²) in [7, 11) is 0. The molecule has 0 saturated carbocycles. The lowest BCUT2D eigenvalue weighted by Crippen LogP contribution is -2.59. The van der Waals surface area contributed by atoms with E-state index in [0.29, 0.717) is 5.56 Å². The van der Waals surface area contributed by atoms with E-state index >= 15 is 0 Å². The molecular weight excluding hydrogens is 608 g/mol. The summed E-state index contributed by atoms with van der Waals surface area (Å²) in [6, 6.07) is 12.8. The second-order valence-corrected chi connectivity index (χ2v) is 11.6. The van der Waals surface area contributed by atoms with E-state index in [1.165, 1.54) is 6.92 Å². The number of hydrogen-bond donors (Lipinski definition) is 8. The van der Waals surface area contributed by atoms with Gasteiger partial charge in [0, 0.05) is 6.42 Å². The van der Waals surface area contributed by atoms with Gasteiger partial charge in [-0.25, -0.2) is 0 Å². The molecule has 0 fully saturated rings. The molecule has 0 spiro atoms. The number of hydrogen-bond acceptors (Lipinski definition) is 9. The number of carbonyl (C=O) groups excluding carboxylic acids is 5. The molecule has 0 aliphatic rings. The first kappa shape index (κ1) is 38.8. The minimum absolute atomic E-state index is 0.0119. The highest BCUT2D eigenvalue weighted by Gasteiger charge is 2.31. The summed E-state index contributed by atoms with van der Waals surface area (Å²) in [5.41, 5.74) is 7.00. The zero-order valence-electron chi connectivity index (χ0n) is 27.1. The molecule has 5 atom stereocenters. The predicted molar refractivity (Wildman–Crippen MR) is 174 cm³/mol. The number of ether oxygens (including phenoxy) is 1. The van der Waals surface area contributed by atoms with Crippen molar-refractivity contribution in [3.8, 4) is 0 Å². The van der Waals surface area contributed by atoms with Gasteiger partial charge in [0.2, 0.25) is 29.5 Å². The maximum atomic E-state index is 13.4. The summed E-state index contributed by atoms with van der Waals surface area (Å²) in [5, 5.41) is 32.5. The highest BCUT2D eigenvalue weighted by molar-refractivity contribution is 5.95. The predicted octanol–water partition coefficient (Wildman–Crippen LogP) is -1.12. The highest BCUT2D eigenvalue weighted by Crippen LogP contribution is 2.08. The van der Waals surface area contributed by atoms with Crippen molar-refractivity contribution in [1.29, 1.82) is 0 Å². The molecule has 14 heteroatoms. The van der Waals surface area contributed by atoms with Crippen molar-refractivity contribution < 1.29 is 38.9 Å². The van der Waals surface area contributed by atoms with E-state index in [1.54, 1.807) is 30.3 Å². The van der Waals surface area contributed by atoms with Gasteiger partial charge in [-0.2, -0.15) is 0 Å². The molecule has 258 valence electrons. The average molecular weight is 657 g/mol. The lowest BCUT2D eigenvalue weighted by atomic mass is 10.0. The lowest BCUT2D eigenvalue weighted by molar-refractivity contribution is -0.135. The third kappa shape index (κ3) is 14.3. The van der Waals surface area contributed by atoms with Gasteiger partial charge in [0.05, 0.1) is 39.0 Å². The SMILES string of the molecule is CC(C)C[C@H](NC(=O)CN)C(=O)N[C@@H](CO)C(=O)N[C@@H](Cc1ccccc1)C(=O)N[C@@H](C)C(=O)N[C@H](CO)COCc1ccccc1. The number of amides is 5. The third-order valence-electron chi connectivity index (χ3n) is 7.02. The smallest absolute Gasteiger partial charge is 0.245 e. The highest BCUT2D eigenvalue weighted by atomic mass is 16.5. The van der Waals surface area contributed by atoms with Crippen LogP contribution >= 0.6 is 0 Å². The lowest BCUT2D eigenvalue weighted by Gasteiger charge is -2.26. The Labute approximate surface area is 275 Å². The summed E-state index contributed by atoms with van der Waals surface area (Å²) in [6.07, 6.45) is 0.292. The van der Waals surface area contributed by atoms with Crippen LogP contribution in [0.2, 0.25) is 0 Å². The molecule has 2 rings (SSSR count). The van der Waals surface area contributed by atoms with Gasteiger partial charge in [-0.3, -0.25) is 24.0 Å². The van der Waals surface area contributed by atoms with Crippen molar-refractivity contribution in [2.75, 3.05) is 26.4 Å². The summed E-state index contributed by atoms with van der Waals surface area (Å²) >= 11 is 0. The first-order valence-corrected chi connectivity index (χ1v) is 15.6. The summed E-state index contributed by atoms with van der Waals surface area (Å²) < 4.78 is 5.62. The Morgan fingerprint density at radius 3 is 1.79 bits per heavy atom. The Morgan fingerprint density at radius 2 is 1.23 bits per heavy atom. The van der Waals surface area contributed by atoms with Gasteiger partial charge in [-0.05, 0) is 30.4 Å². The normalized spacial score (nSPS) is 14.2. The summed E-state index contributed by atoms with van der Waals surface area (Å²) in [6.45, 7) is 3.96. The van der Waals surface area contributed by atoms with E-state index in [-0.39, 0.29) is 38.5 Å². The van der Waals surface area contributed by atoms with E-state index in [4.69, 9.17) is 10.5 Å². The van der Waals surface area contributed by atoms with Crippen LogP contribution in [-0.4, -0.2) is 96.3 Å². The van der Waals surface area contributed by atoms with Crippen molar-refractivity contribution in [2.45, 2.75) is 70.4 Å². The van der Waals surface area contributed by atoms with Gasteiger partial charge in [-0.1, -0.05) is 74.5 Å². The number of nitrogens with two attached hydrogens (primary N) is 1. The van der Waals surface area contributed by atoms with Crippen LogP contribution in [0.4, 0.5) is 0 Å². The molecule has 47 heavy (non-hydrogen) atoms. The molecule has 0 aromatic heterocycles.